The predicted octanol–water partition coefficient (Wildman–Crippen LogP) is 5.69. The molecule has 11 heteroatoms. The van der Waals surface area contributed by atoms with Gasteiger partial charge in [-0.15, -0.1) is 0 Å². The van der Waals surface area contributed by atoms with Gasteiger partial charge in [0.05, 0.1) is 11.1 Å². The lowest BCUT2D eigenvalue weighted by molar-refractivity contribution is -0.192. The number of piperazine rings is 1. The molecule has 0 radical (unpaired) electrons. The van der Waals surface area contributed by atoms with Crippen LogP contribution in [0.15, 0.2) is 72.8 Å². The summed E-state index contributed by atoms with van der Waals surface area (Å²) >= 11 is 6.40. The summed E-state index contributed by atoms with van der Waals surface area (Å²) in [6.07, 6.45) is -4.87. The first-order valence-electron chi connectivity index (χ1n) is 12.0. The first kappa shape index (κ1) is 28.1. The number of alkyl halides is 3. The van der Waals surface area contributed by atoms with Crippen molar-refractivity contribution in [2.24, 2.45) is 0 Å². The zero-order valence-corrected chi connectivity index (χ0v) is 21.3. The third-order valence-electron chi connectivity index (χ3n) is 6.25. The number of halogens is 5. The topological polar surface area (TPSA) is 74.6 Å². The smallest absolute Gasteiger partial charge is 0.475 e. The average molecular weight is 562 g/mol. The molecule has 0 aliphatic carbocycles. The van der Waals surface area contributed by atoms with Crippen LogP contribution in [-0.2, 0) is 11.2 Å². The van der Waals surface area contributed by atoms with E-state index in [1.54, 1.807) is 12.1 Å². The van der Waals surface area contributed by atoms with Crippen LogP contribution >= 0.6 is 11.6 Å². The lowest BCUT2D eigenvalue weighted by Crippen LogP contribution is -2.46. The second-order valence-electron chi connectivity index (χ2n) is 8.73. The molecule has 1 aliphatic rings. The van der Waals surface area contributed by atoms with Gasteiger partial charge in [0, 0.05) is 60.0 Å². The van der Waals surface area contributed by atoms with Gasteiger partial charge >= 0.3 is 12.1 Å². The van der Waals surface area contributed by atoms with Crippen LogP contribution in [0.25, 0.3) is 16.6 Å². The Hall–Kier alpha value is -3.89. The molecule has 1 fully saturated rings. The number of carbonyl (C=O) groups excluding carboxylic acids is 1. The standard InChI is InChI=1S/C26H23ClFN3O.C2HF3O2/c27-21-10-6-11-22(28)20(21)17-24-25(26(32)30-15-13-29-14-16-30)19-9-4-5-12-23(19)31(24)18-7-2-1-3-8-18;3-2(4,5)1(6)7/h1-12,29H,13-17H2;(H,6,7). The highest BCUT2D eigenvalue weighted by Gasteiger charge is 2.38. The number of hydrogen-bond donors (Lipinski definition) is 2. The van der Waals surface area contributed by atoms with E-state index >= 15 is 0 Å². The van der Waals surface area contributed by atoms with Crippen LogP contribution in [0.2, 0.25) is 5.02 Å². The molecule has 204 valence electrons. The number of fused-ring (bicyclic) bond motifs is 1. The molecule has 2 heterocycles. The van der Waals surface area contributed by atoms with Gasteiger partial charge in [0.15, 0.2) is 0 Å². The van der Waals surface area contributed by atoms with E-state index in [0.717, 1.165) is 35.4 Å². The molecular formula is C28H24ClF4N3O3. The van der Waals surface area contributed by atoms with Gasteiger partial charge in [0.1, 0.15) is 5.82 Å². The van der Waals surface area contributed by atoms with E-state index in [4.69, 9.17) is 21.5 Å². The third kappa shape index (κ3) is 6.23. The molecule has 5 rings (SSSR count). The number of nitrogens with zero attached hydrogens (tertiary/aromatic N) is 2. The third-order valence-corrected chi connectivity index (χ3v) is 6.61. The van der Waals surface area contributed by atoms with Crippen LogP contribution < -0.4 is 5.32 Å². The number of aromatic nitrogens is 1. The van der Waals surface area contributed by atoms with Crippen LogP contribution in [0.5, 0.6) is 0 Å². The lowest BCUT2D eigenvalue weighted by atomic mass is 10.0. The number of hydrogen-bond acceptors (Lipinski definition) is 3. The Morgan fingerprint density at radius 3 is 2.15 bits per heavy atom. The van der Waals surface area contributed by atoms with Crippen LogP contribution in [0, 0.1) is 5.82 Å². The Morgan fingerprint density at radius 2 is 1.54 bits per heavy atom. The highest BCUT2D eigenvalue weighted by molar-refractivity contribution is 6.31. The van der Waals surface area contributed by atoms with Crippen molar-refractivity contribution in [3.05, 3.63) is 100 Å². The minimum absolute atomic E-state index is 0.0279. The van der Waals surface area contributed by atoms with Gasteiger partial charge in [-0.2, -0.15) is 13.2 Å². The van der Waals surface area contributed by atoms with E-state index in [-0.39, 0.29) is 18.1 Å². The molecule has 1 amide bonds. The minimum atomic E-state index is -5.08. The fourth-order valence-electron chi connectivity index (χ4n) is 4.47. The summed E-state index contributed by atoms with van der Waals surface area (Å²) in [7, 11) is 0. The molecule has 1 aliphatic heterocycles. The molecule has 6 nitrogen and oxygen atoms in total. The van der Waals surface area contributed by atoms with Crippen molar-refractivity contribution in [1.82, 2.24) is 14.8 Å². The molecule has 1 aromatic heterocycles. The number of para-hydroxylation sites is 2. The normalized spacial score (nSPS) is 13.6. The van der Waals surface area contributed by atoms with E-state index in [0.29, 0.717) is 29.2 Å². The molecule has 4 aromatic rings. The molecule has 0 atom stereocenters. The summed E-state index contributed by atoms with van der Waals surface area (Å²) in [5.41, 5.74) is 3.59. The highest BCUT2D eigenvalue weighted by Crippen LogP contribution is 2.34. The Labute approximate surface area is 226 Å². The van der Waals surface area contributed by atoms with Crippen molar-refractivity contribution in [3.8, 4) is 5.69 Å². The average Bonchev–Trinajstić information content (AvgIpc) is 3.25. The Kier molecular flexibility index (Phi) is 8.57. The zero-order valence-electron chi connectivity index (χ0n) is 20.5. The van der Waals surface area contributed by atoms with Gasteiger partial charge in [-0.25, -0.2) is 9.18 Å². The number of carbonyl (C=O) groups is 2. The number of carboxylic acid groups (broad SMARTS) is 1. The predicted molar refractivity (Wildman–Crippen MR) is 140 cm³/mol. The summed E-state index contributed by atoms with van der Waals surface area (Å²) in [5, 5.41) is 11.6. The molecule has 0 saturated carbocycles. The van der Waals surface area contributed by atoms with Gasteiger partial charge in [-0.1, -0.05) is 54.1 Å². The molecular weight excluding hydrogens is 538 g/mol. The minimum Gasteiger partial charge on any atom is -0.475 e. The molecule has 0 unspecified atom stereocenters. The van der Waals surface area contributed by atoms with E-state index in [9.17, 15) is 22.4 Å². The highest BCUT2D eigenvalue weighted by atomic mass is 35.5. The molecule has 39 heavy (non-hydrogen) atoms. The number of aliphatic carboxylic acids is 1. The summed E-state index contributed by atoms with van der Waals surface area (Å²) in [6, 6.07) is 22.4. The van der Waals surface area contributed by atoms with Gasteiger partial charge in [0.25, 0.3) is 5.91 Å². The SMILES string of the molecule is O=C(O)C(F)(F)F.O=C(c1c(Cc2c(F)cccc2Cl)n(-c2ccccc2)c2ccccc12)N1CCNCC1. The fraction of sp³-hybridized carbons (Fsp3) is 0.214. The van der Waals surface area contributed by atoms with Crippen molar-refractivity contribution in [1.29, 1.82) is 0 Å². The lowest BCUT2D eigenvalue weighted by Gasteiger charge is -2.28. The maximum Gasteiger partial charge on any atom is 0.490 e. The summed E-state index contributed by atoms with van der Waals surface area (Å²) in [5.74, 6) is -3.16. The van der Waals surface area contributed by atoms with Gasteiger partial charge in [-0.3, -0.25) is 4.79 Å². The van der Waals surface area contributed by atoms with Gasteiger partial charge in [0.2, 0.25) is 0 Å². The molecule has 2 N–H and O–H groups in total. The van der Waals surface area contributed by atoms with E-state index in [1.165, 1.54) is 6.07 Å². The van der Waals surface area contributed by atoms with Gasteiger partial charge < -0.3 is 19.9 Å². The Morgan fingerprint density at radius 1 is 0.923 bits per heavy atom. The van der Waals surface area contributed by atoms with Crippen molar-refractivity contribution >= 4 is 34.4 Å². The fourth-order valence-corrected chi connectivity index (χ4v) is 4.70. The molecule has 0 spiro atoms. The van der Waals surface area contributed by atoms with Crippen molar-refractivity contribution in [2.75, 3.05) is 26.2 Å². The van der Waals surface area contributed by atoms with Crippen LogP contribution in [-0.4, -0.2) is 58.8 Å². The summed E-state index contributed by atoms with van der Waals surface area (Å²) in [4.78, 5) is 24.6. The van der Waals surface area contributed by atoms with E-state index in [1.807, 2.05) is 59.5 Å². The van der Waals surface area contributed by atoms with Gasteiger partial charge in [-0.05, 0) is 30.3 Å². The number of rotatable bonds is 4. The van der Waals surface area contributed by atoms with Crippen LogP contribution in [0.1, 0.15) is 21.6 Å². The molecule has 1 saturated heterocycles. The second-order valence-corrected chi connectivity index (χ2v) is 9.14. The molecule has 3 aromatic carbocycles. The summed E-state index contributed by atoms with van der Waals surface area (Å²) in [6.45, 7) is 2.81. The van der Waals surface area contributed by atoms with Crippen molar-refractivity contribution in [3.63, 3.8) is 0 Å². The Bertz CT molecular complexity index is 1460. The second kappa shape index (κ2) is 11.9. The first-order valence-corrected chi connectivity index (χ1v) is 12.4. The van der Waals surface area contributed by atoms with E-state index in [2.05, 4.69) is 9.88 Å². The quantitative estimate of drug-likeness (QED) is 0.314. The zero-order chi connectivity index (χ0) is 28.2. The van der Waals surface area contributed by atoms with Crippen LogP contribution in [0.4, 0.5) is 17.6 Å². The number of nitrogens with one attached hydrogen (secondary N) is 1. The first-order chi connectivity index (χ1) is 18.6. The Balaban J connectivity index is 0.000000448. The molecule has 0 bridgehead atoms. The van der Waals surface area contributed by atoms with Crippen molar-refractivity contribution < 1.29 is 32.3 Å². The largest absolute Gasteiger partial charge is 0.490 e. The van der Waals surface area contributed by atoms with E-state index < -0.39 is 12.1 Å². The number of amides is 1. The van der Waals surface area contributed by atoms with Crippen molar-refractivity contribution in [2.45, 2.75) is 12.6 Å². The monoisotopic (exact) mass is 561 g/mol. The maximum atomic E-state index is 14.8. The number of carboxylic acids is 1. The maximum absolute atomic E-state index is 14.8. The van der Waals surface area contributed by atoms with Crippen LogP contribution in [0.3, 0.4) is 0 Å². The number of benzene rings is 3. The summed E-state index contributed by atoms with van der Waals surface area (Å²) < 4.78 is 48.6.